The summed E-state index contributed by atoms with van der Waals surface area (Å²) in [5.74, 6) is 2.62. The van der Waals surface area contributed by atoms with Crippen molar-refractivity contribution in [2.45, 2.75) is 77.5 Å². The Morgan fingerprint density at radius 3 is 1.14 bits per heavy atom. The van der Waals surface area contributed by atoms with Crippen LogP contribution in [0.5, 0.6) is 0 Å². The summed E-state index contributed by atoms with van der Waals surface area (Å²) in [7, 11) is 0. The minimum atomic E-state index is -3.16. The molecule has 0 heterocycles. The van der Waals surface area contributed by atoms with Gasteiger partial charge in [-0.3, -0.25) is 0 Å². The molecule has 0 aromatic rings. The molecule has 4 heteroatoms. The van der Waals surface area contributed by atoms with Crippen LogP contribution in [0.25, 0.3) is 0 Å². The van der Waals surface area contributed by atoms with E-state index < -0.39 is 17.4 Å². The van der Waals surface area contributed by atoms with Crippen LogP contribution < -0.4 is 0 Å². The molecule has 0 aromatic carbocycles. The van der Waals surface area contributed by atoms with Crippen molar-refractivity contribution in [3.63, 3.8) is 0 Å². The van der Waals surface area contributed by atoms with Crippen molar-refractivity contribution in [3.8, 4) is 0 Å². The van der Waals surface area contributed by atoms with E-state index in [1.54, 1.807) is 22.3 Å². The summed E-state index contributed by atoms with van der Waals surface area (Å²) >= 11 is -3.16. The van der Waals surface area contributed by atoms with E-state index in [1.807, 2.05) is 6.56 Å². The Hall–Kier alpha value is 0.640. The molecule has 0 nitrogen and oxygen atoms in total. The van der Waals surface area contributed by atoms with Crippen LogP contribution in [0.4, 0.5) is 0 Å². The molecule has 0 bridgehead atoms. The second-order valence-corrected chi connectivity index (χ2v) is 39.7. The van der Waals surface area contributed by atoms with Crippen molar-refractivity contribution in [2.75, 3.05) is 0 Å². The Balaban J connectivity index is 0.00000364. The molecule has 0 radical (unpaired) electrons. The van der Waals surface area contributed by atoms with Gasteiger partial charge in [-0.25, -0.2) is 0 Å². The molecule has 0 aromatic heterocycles. The van der Waals surface area contributed by atoms with E-state index in [-0.39, 0.29) is 24.8 Å². The molecule has 0 atom stereocenters. The van der Waals surface area contributed by atoms with Gasteiger partial charge < -0.3 is 0 Å². The van der Waals surface area contributed by atoms with Crippen molar-refractivity contribution in [1.82, 2.24) is 0 Å². The Morgan fingerprint density at radius 2 is 0.929 bits per heavy atom. The molecule has 0 amide bonds. The van der Waals surface area contributed by atoms with Gasteiger partial charge in [0.05, 0.1) is 0 Å². The number of halogens is 2. The van der Waals surface area contributed by atoms with Crippen LogP contribution in [0.15, 0.2) is 41.0 Å². The minimum Gasteiger partial charge on any atom is -0.147 e. The molecule has 0 saturated heterocycles. The van der Waals surface area contributed by atoms with Gasteiger partial charge in [-0.1, -0.05) is 0 Å². The molecular formula is C24H44Cl2SiZr. The van der Waals surface area contributed by atoms with E-state index in [0.29, 0.717) is 23.7 Å². The zero-order valence-corrected chi connectivity index (χ0v) is 25.4. The minimum absolute atomic E-state index is 0. The van der Waals surface area contributed by atoms with Gasteiger partial charge in [-0.2, -0.15) is 0 Å². The molecule has 2 aliphatic carbocycles. The fraction of sp³-hybridized carbons (Fsp3) is 0.667. The molecule has 2 rings (SSSR count). The monoisotopic (exact) mass is 520 g/mol. The molecule has 0 saturated carbocycles. The SMILES string of the molecule is CC(C)C1=CC(C(C)C)=[C]([Zr]([CH3])([CH3])(=[SiH2])[C]2=C(C(C)C)C=C(C(C)C)C2)C1.Cl.Cl. The number of hydrogen-bond donors (Lipinski definition) is 0. The summed E-state index contributed by atoms with van der Waals surface area (Å²) in [5, 5.41) is 0. The fourth-order valence-electron chi connectivity index (χ4n) is 4.73. The standard InChI is InChI=1S/2C11H17.2CH3.2ClH.H2Si.Zr/c2*1-8(2)10-5-6-11(7-10)9(3)4;;;;;;/h2*7-9H,5H2,1-4H3;2*1H3;2*1H;1H2;. The fourth-order valence-corrected chi connectivity index (χ4v) is 19.6. The predicted octanol–water partition coefficient (Wildman–Crippen LogP) is 7.96. The Bertz CT molecular complexity index is 723. The zero-order valence-electron chi connectivity index (χ0n) is 19.9. The van der Waals surface area contributed by atoms with Crippen LogP contribution in [0.1, 0.15) is 68.2 Å². The summed E-state index contributed by atoms with van der Waals surface area (Å²) in [6.07, 6.45) is 7.66. The predicted molar refractivity (Wildman–Crippen MR) is 134 cm³/mol. The van der Waals surface area contributed by atoms with Crippen LogP contribution in [-0.4, -0.2) is 6.88 Å². The average molecular weight is 523 g/mol. The second kappa shape index (κ2) is 9.84. The summed E-state index contributed by atoms with van der Waals surface area (Å²) < 4.78 is 9.22. The van der Waals surface area contributed by atoms with E-state index in [0.717, 1.165) is 0 Å². The van der Waals surface area contributed by atoms with Crippen molar-refractivity contribution in [2.24, 2.45) is 23.7 Å². The third-order valence-corrected chi connectivity index (χ3v) is 23.7. The van der Waals surface area contributed by atoms with Crippen LogP contribution in [0.3, 0.4) is 0 Å². The van der Waals surface area contributed by atoms with E-state index in [2.05, 4.69) is 83.7 Å². The first-order chi connectivity index (χ1) is 11.7. The van der Waals surface area contributed by atoms with Gasteiger partial charge >= 0.3 is 166 Å². The van der Waals surface area contributed by atoms with Gasteiger partial charge in [0.2, 0.25) is 0 Å². The number of rotatable bonds is 6. The maximum Gasteiger partial charge on any atom is -0.147 e. The Labute approximate surface area is 190 Å². The summed E-state index contributed by atoms with van der Waals surface area (Å²) in [5.41, 5.74) is 6.71. The topological polar surface area (TPSA) is 0 Å². The van der Waals surface area contributed by atoms with E-state index in [1.165, 1.54) is 12.8 Å². The molecule has 0 fully saturated rings. The van der Waals surface area contributed by atoms with E-state index in [4.69, 9.17) is 0 Å². The summed E-state index contributed by atoms with van der Waals surface area (Å²) in [6, 6.07) is 0. The first-order valence-corrected chi connectivity index (χ1v) is 24.0. The van der Waals surface area contributed by atoms with Crippen LogP contribution in [-0.2, 0) is 17.4 Å². The number of hydrogen-bond acceptors (Lipinski definition) is 0. The van der Waals surface area contributed by atoms with Gasteiger partial charge in [-0.05, 0) is 0 Å². The first kappa shape index (κ1) is 28.6. The van der Waals surface area contributed by atoms with Crippen LogP contribution >= 0.6 is 24.8 Å². The van der Waals surface area contributed by atoms with Gasteiger partial charge in [-0.15, -0.1) is 24.8 Å². The second-order valence-electron chi connectivity index (χ2n) is 11.0. The molecule has 28 heavy (non-hydrogen) atoms. The van der Waals surface area contributed by atoms with Crippen LogP contribution in [0, 0.1) is 23.7 Å². The molecule has 0 aliphatic heterocycles. The smallest absolute Gasteiger partial charge is 0.147 e. The Morgan fingerprint density at radius 1 is 0.643 bits per heavy atom. The van der Waals surface area contributed by atoms with Crippen molar-refractivity contribution >= 4 is 31.7 Å². The quantitative estimate of drug-likeness (QED) is 0.310. The van der Waals surface area contributed by atoms with Crippen molar-refractivity contribution < 1.29 is 17.4 Å². The van der Waals surface area contributed by atoms with E-state index in [9.17, 15) is 0 Å². The summed E-state index contributed by atoms with van der Waals surface area (Å²) in [4.78, 5) is 0. The van der Waals surface area contributed by atoms with E-state index >= 15 is 0 Å². The first-order valence-electron chi connectivity index (χ1n) is 10.7. The molecular weight excluding hydrogens is 478 g/mol. The molecule has 162 valence electrons. The third kappa shape index (κ3) is 5.46. The van der Waals surface area contributed by atoms with Gasteiger partial charge in [0.15, 0.2) is 0 Å². The normalized spacial score (nSPS) is 18.2. The zero-order chi connectivity index (χ0) is 20.0. The van der Waals surface area contributed by atoms with Gasteiger partial charge in [0.1, 0.15) is 0 Å². The third-order valence-electron chi connectivity index (χ3n) is 6.80. The molecule has 2 aliphatic rings. The van der Waals surface area contributed by atoms with Gasteiger partial charge in [0, 0.05) is 0 Å². The largest absolute Gasteiger partial charge is 0.147 e. The van der Waals surface area contributed by atoms with Crippen LogP contribution in [0.2, 0.25) is 9.26 Å². The van der Waals surface area contributed by atoms with Gasteiger partial charge in [0.25, 0.3) is 0 Å². The van der Waals surface area contributed by atoms with Crippen molar-refractivity contribution in [3.05, 3.63) is 41.0 Å². The average Bonchev–Trinajstić information content (AvgIpc) is 3.13. The molecule has 0 N–H and O–H groups in total. The molecule has 0 spiro atoms. The maximum absolute atomic E-state index is 3.16. The Kier molecular flexibility index (Phi) is 10.1. The van der Waals surface area contributed by atoms with Crippen molar-refractivity contribution in [1.29, 1.82) is 0 Å². The summed E-state index contributed by atoms with van der Waals surface area (Å²) in [6.45, 7) is 21.5. The molecule has 0 unspecified atom stereocenters. The maximum atomic E-state index is 2.73. The number of allylic oxidation sites excluding steroid dienone is 8.